The van der Waals surface area contributed by atoms with Crippen LogP contribution in [-0.4, -0.2) is 50.5 Å². The zero-order chi connectivity index (χ0) is 21.0. The molecule has 2 amide bonds. The summed E-state index contributed by atoms with van der Waals surface area (Å²) in [5.41, 5.74) is 2.03. The average molecular weight is 418 g/mol. The molecular formula is C20H23FN4O3S. The van der Waals surface area contributed by atoms with Gasteiger partial charge in [0.15, 0.2) is 0 Å². The van der Waals surface area contributed by atoms with Gasteiger partial charge in [-0.25, -0.2) is 9.18 Å². The van der Waals surface area contributed by atoms with Gasteiger partial charge in [0.25, 0.3) is 0 Å². The highest BCUT2D eigenvalue weighted by Crippen LogP contribution is 2.32. The van der Waals surface area contributed by atoms with E-state index in [4.69, 9.17) is 4.74 Å². The number of nitriles is 1. The predicted octanol–water partition coefficient (Wildman–Crippen LogP) is 3.03. The Hall–Kier alpha value is -2.73. The SMILES string of the molecule is CSC(C#N)=C1CCN(c2ccc(N3CC(CNC(C)=O)OC3=O)cc2F)CC1. The second kappa shape index (κ2) is 9.18. The predicted molar refractivity (Wildman–Crippen MR) is 110 cm³/mol. The standard InChI is InChI=1S/C20H23FN4O3S/c1-13(26)23-11-16-12-25(20(27)28-16)15-3-4-18(17(21)9-15)24-7-5-14(6-8-24)19(10-22)29-2/h3-4,9,16H,5-8,11-12H2,1-2H3,(H,23,26). The molecule has 3 rings (SSSR count). The number of ether oxygens (including phenoxy) is 1. The molecule has 2 heterocycles. The molecule has 2 fully saturated rings. The van der Waals surface area contributed by atoms with Crippen LogP contribution in [0.25, 0.3) is 0 Å². The number of allylic oxidation sites excluding steroid dienone is 1. The maximum Gasteiger partial charge on any atom is 0.414 e. The largest absolute Gasteiger partial charge is 0.442 e. The maximum atomic E-state index is 14.8. The topological polar surface area (TPSA) is 85.7 Å². The molecule has 154 valence electrons. The molecule has 7 nitrogen and oxygen atoms in total. The van der Waals surface area contributed by atoms with E-state index in [9.17, 15) is 19.2 Å². The van der Waals surface area contributed by atoms with Gasteiger partial charge in [-0.05, 0) is 42.9 Å². The number of nitrogens with one attached hydrogen (secondary N) is 1. The van der Waals surface area contributed by atoms with E-state index in [2.05, 4.69) is 11.4 Å². The number of anilines is 2. The number of hydrogen-bond acceptors (Lipinski definition) is 6. The molecule has 1 N–H and O–H groups in total. The third kappa shape index (κ3) is 4.82. The summed E-state index contributed by atoms with van der Waals surface area (Å²) < 4.78 is 20.0. The molecule has 1 unspecified atom stereocenters. The lowest BCUT2D eigenvalue weighted by Crippen LogP contribution is -2.33. The number of halogens is 1. The van der Waals surface area contributed by atoms with Gasteiger partial charge in [-0.1, -0.05) is 0 Å². The number of nitrogens with zero attached hydrogens (tertiary/aromatic N) is 3. The lowest BCUT2D eigenvalue weighted by atomic mass is 10.0. The summed E-state index contributed by atoms with van der Waals surface area (Å²) >= 11 is 1.45. The van der Waals surface area contributed by atoms with Crippen molar-refractivity contribution >= 4 is 35.1 Å². The number of amides is 2. The van der Waals surface area contributed by atoms with Gasteiger partial charge >= 0.3 is 6.09 Å². The Bertz CT molecular complexity index is 873. The normalized spacial score (nSPS) is 19.0. The van der Waals surface area contributed by atoms with Crippen molar-refractivity contribution in [3.05, 3.63) is 34.5 Å². The Morgan fingerprint density at radius 2 is 2.14 bits per heavy atom. The zero-order valence-corrected chi connectivity index (χ0v) is 17.2. The number of piperidine rings is 1. The maximum absolute atomic E-state index is 14.8. The van der Waals surface area contributed by atoms with Gasteiger partial charge in [-0.15, -0.1) is 11.8 Å². The smallest absolute Gasteiger partial charge is 0.414 e. The van der Waals surface area contributed by atoms with Crippen molar-refractivity contribution in [2.75, 3.05) is 42.2 Å². The minimum absolute atomic E-state index is 0.200. The third-order valence-corrected chi connectivity index (χ3v) is 5.82. The first-order chi connectivity index (χ1) is 13.9. The molecule has 0 aliphatic carbocycles. The fourth-order valence-corrected chi connectivity index (χ4v) is 4.11. The fraction of sp³-hybridized carbons (Fsp3) is 0.450. The monoisotopic (exact) mass is 418 g/mol. The van der Waals surface area contributed by atoms with Crippen molar-refractivity contribution in [2.45, 2.75) is 25.9 Å². The highest BCUT2D eigenvalue weighted by molar-refractivity contribution is 8.02. The molecule has 9 heteroatoms. The van der Waals surface area contributed by atoms with Gasteiger partial charge < -0.3 is 15.0 Å². The Morgan fingerprint density at radius 1 is 1.41 bits per heavy atom. The first kappa shape index (κ1) is 21.0. The van der Waals surface area contributed by atoms with Gasteiger partial charge in [-0.2, -0.15) is 5.26 Å². The van der Waals surface area contributed by atoms with Crippen LogP contribution >= 0.6 is 11.8 Å². The highest BCUT2D eigenvalue weighted by atomic mass is 32.2. The molecule has 29 heavy (non-hydrogen) atoms. The summed E-state index contributed by atoms with van der Waals surface area (Å²) in [6.45, 7) is 3.15. The number of hydrogen-bond donors (Lipinski definition) is 1. The van der Waals surface area contributed by atoms with Crippen molar-refractivity contribution in [3.8, 4) is 6.07 Å². The van der Waals surface area contributed by atoms with Crippen LogP contribution < -0.4 is 15.1 Å². The molecule has 1 aromatic carbocycles. The van der Waals surface area contributed by atoms with Crippen molar-refractivity contribution in [1.82, 2.24) is 5.32 Å². The van der Waals surface area contributed by atoms with Crippen LogP contribution in [0.4, 0.5) is 20.6 Å². The second-order valence-electron chi connectivity index (χ2n) is 6.92. The van der Waals surface area contributed by atoms with Crippen LogP contribution in [0.2, 0.25) is 0 Å². The number of thioether (sulfide) groups is 1. The highest BCUT2D eigenvalue weighted by Gasteiger charge is 2.33. The van der Waals surface area contributed by atoms with E-state index in [1.165, 1.54) is 29.7 Å². The summed E-state index contributed by atoms with van der Waals surface area (Å²) in [7, 11) is 0. The average Bonchev–Trinajstić information content (AvgIpc) is 3.08. The van der Waals surface area contributed by atoms with Crippen LogP contribution in [0.15, 0.2) is 28.7 Å². The van der Waals surface area contributed by atoms with Crippen LogP contribution in [0.3, 0.4) is 0 Å². The Labute approximate surface area is 173 Å². The van der Waals surface area contributed by atoms with Crippen molar-refractivity contribution < 1.29 is 18.7 Å². The van der Waals surface area contributed by atoms with Crippen molar-refractivity contribution in [3.63, 3.8) is 0 Å². The second-order valence-corrected chi connectivity index (χ2v) is 7.74. The van der Waals surface area contributed by atoms with E-state index < -0.39 is 18.0 Å². The molecule has 0 radical (unpaired) electrons. The first-order valence-corrected chi connectivity index (χ1v) is 10.6. The molecule has 0 bridgehead atoms. The van der Waals surface area contributed by atoms with E-state index in [0.29, 0.717) is 24.5 Å². The van der Waals surface area contributed by atoms with E-state index in [1.54, 1.807) is 12.1 Å². The van der Waals surface area contributed by atoms with Crippen LogP contribution in [0.1, 0.15) is 19.8 Å². The zero-order valence-electron chi connectivity index (χ0n) is 16.4. The van der Waals surface area contributed by atoms with Crippen molar-refractivity contribution in [1.29, 1.82) is 5.26 Å². The summed E-state index contributed by atoms with van der Waals surface area (Å²) in [6, 6.07) is 6.94. The van der Waals surface area contributed by atoms with Gasteiger partial charge in [0.2, 0.25) is 5.91 Å². The van der Waals surface area contributed by atoms with E-state index in [0.717, 1.165) is 23.3 Å². The molecule has 2 aliphatic rings. The third-order valence-electron chi connectivity index (χ3n) is 5.03. The van der Waals surface area contributed by atoms with Gasteiger partial charge in [-0.3, -0.25) is 9.69 Å². The van der Waals surface area contributed by atoms with Crippen molar-refractivity contribution in [2.24, 2.45) is 0 Å². The Kier molecular flexibility index (Phi) is 6.64. The quantitative estimate of drug-likeness (QED) is 0.740. The molecule has 2 aliphatic heterocycles. The number of benzene rings is 1. The number of rotatable bonds is 5. The molecular weight excluding hydrogens is 395 g/mol. The summed E-state index contributed by atoms with van der Waals surface area (Å²) in [5, 5.41) is 11.8. The lowest BCUT2D eigenvalue weighted by Gasteiger charge is -2.31. The van der Waals surface area contributed by atoms with Crippen LogP contribution in [0.5, 0.6) is 0 Å². The fourth-order valence-electron chi connectivity index (χ4n) is 3.53. The number of carbonyl (C=O) groups excluding carboxylic acids is 2. The minimum atomic E-state index is -0.554. The van der Waals surface area contributed by atoms with Crippen LogP contribution in [0, 0.1) is 17.1 Å². The molecule has 1 atom stereocenters. The van der Waals surface area contributed by atoms with E-state index >= 15 is 0 Å². The Morgan fingerprint density at radius 3 is 2.72 bits per heavy atom. The molecule has 0 aromatic heterocycles. The molecule has 2 saturated heterocycles. The lowest BCUT2D eigenvalue weighted by molar-refractivity contribution is -0.119. The Balaban J connectivity index is 1.67. The minimum Gasteiger partial charge on any atom is -0.442 e. The van der Waals surface area contributed by atoms with E-state index in [-0.39, 0.29) is 19.0 Å². The molecule has 1 aromatic rings. The van der Waals surface area contributed by atoms with Gasteiger partial charge in [0.1, 0.15) is 18.0 Å². The van der Waals surface area contributed by atoms with Crippen LogP contribution in [-0.2, 0) is 9.53 Å². The molecule has 0 saturated carbocycles. The first-order valence-electron chi connectivity index (χ1n) is 9.36. The number of cyclic esters (lactones) is 1. The summed E-state index contributed by atoms with van der Waals surface area (Å²) in [6.07, 6.45) is 2.33. The summed E-state index contributed by atoms with van der Waals surface area (Å²) in [4.78, 5) is 27.2. The summed E-state index contributed by atoms with van der Waals surface area (Å²) in [5.74, 6) is -0.604. The van der Waals surface area contributed by atoms with E-state index in [1.807, 2.05) is 11.2 Å². The van der Waals surface area contributed by atoms with Gasteiger partial charge in [0.05, 0.1) is 29.4 Å². The van der Waals surface area contributed by atoms with Gasteiger partial charge in [0, 0.05) is 20.0 Å². The molecule has 0 spiro atoms. The number of carbonyl (C=O) groups is 2.